The van der Waals surface area contributed by atoms with Crippen molar-refractivity contribution in [3.63, 3.8) is 0 Å². The number of nitrogens with one attached hydrogen (secondary N) is 2. The number of aliphatic hydroxyl groups is 1. The van der Waals surface area contributed by atoms with Gasteiger partial charge in [-0.1, -0.05) is 36.8 Å². The van der Waals surface area contributed by atoms with E-state index in [-0.39, 0.29) is 11.9 Å². The van der Waals surface area contributed by atoms with Crippen molar-refractivity contribution in [2.45, 2.75) is 50.7 Å². The van der Waals surface area contributed by atoms with E-state index in [4.69, 9.17) is 4.74 Å². The number of rotatable bonds is 5. The minimum absolute atomic E-state index is 0.0586. The molecule has 6 heteroatoms. The average molecular weight is 347 g/mol. The molecule has 0 radical (unpaired) electrons. The van der Waals surface area contributed by atoms with Crippen LogP contribution in [0.5, 0.6) is 0 Å². The molecular formula is C19H29N3O3. The second-order valence-corrected chi connectivity index (χ2v) is 7.08. The first-order valence-electron chi connectivity index (χ1n) is 9.20. The van der Waals surface area contributed by atoms with Crippen LogP contribution in [0.15, 0.2) is 30.3 Å². The van der Waals surface area contributed by atoms with Crippen molar-refractivity contribution in [1.29, 1.82) is 0 Å². The fourth-order valence-corrected chi connectivity index (χ4v) is 3.89. The van der Waals surface area contributed by atoms with Crippen LogP contribution in [0.25, 0.3) is 0 Å². The van der Waals surface area contributed by atoms with Crippen molar-refractivity contribution in [1.82, 2.24) is 15.5 Å². The summed E-state index contributed by atoms with van der Waals surface area (Å²) in [5.41, 5.74) is -0.0956. The number of carbonyl (C=O) groups is 1. The minimum Gasteiger partial charge on any atom is -0.386 e. The van der Waals surface area contributed by atoms with E-state index in [1.54, 1.807) is 0 Å². The van der Waals surface area contributed by atoms with Crippen molar-refractivity contribution in [2.75, 3.05) is 26.2 Å². The van der Waals surface area contributed by atoms with E-state index in [1.165, 1.54) is 13.3 Å². The number of piperidine rings is 2. The van der Waals surface area contributed by atoms with Gasteiger partial charge in [0.1, 0.15) is 6.10 Å². The highest BCUT2D eigenvalue weighted by Crippen LogP contribution is 2.26. The van der Waals surface area contributed by atoms with Crippen LogP contribution in [-0.2, 0) is 16.1 Å². The van der Waals surface area contributed by atoms with Crippen LogP contribution in [-0.4, -0.2) is 60.0 Å². The SMILES string of the molecule is CC(=O)N[C@@]1(OCc2ccccc2)CNC[C@@H](N2CCCCC2)[C@@H]1O. The molecule has 0 unspecified atom stereocenters. The highest BCUT2D eigenvalue weighted by atomic mass is 16.5. The van der Waals surface area contributed by atoms with Crippen LogP contribution in [0.2, 0.25) is 0 Å². The Hall–Kier alpha value is -1.47. The van der Waals surface area contributed by atoms with Crippen molar-refractivity contribution in [2.24, 2.45) is 0 Å². The molecule has 2 aliphatic rings. The van der Waals surface area contributed by atoms with E-state index < -0.39 is 11.8 Å². The van der Waals surface area contributed by atoms with Crippen LogP contribution in [0, 0.1) is 0 Å². The Morgan fingerprint density at radius 1 is 1.32 bits per heavy atom. The molecule has 1 amide bonds. The Balaban J connectivity index is 1.76. The summed E-state index contributed by atoms with van der Waals surface area (Å²) >= 11 is 0. The topological polar surface area (TPSA) is 73.8 Å². The molecule has 2 aliphatic heterocycles. The summed E-state index contributed by atoms with van der Waals surface area (Å²) < 4.78 is 6.13. The number of amides is 1. The summed E-state index contributed by atoms with van der Waals surface area (Å²) in [7, 11) is 0. The monoisotopic (exact) mass is 347 g/mol. The Morgan fingerprint density at radius 3 is 2.72 bits per heavy atom. The van der Waals surface area contributed by atoms with Gasteiger partial charge in [0.05, 0.1) is 12.6 Å². The fourth-order valence-electron chi connectivity index (χ4n) is 3.89. The molecule has 0 bridgehead atoms. The maximum absolute atomic E-state index is 11.8. The molecule has 2 heterocycles. The van der Waals surface area contributed by atoms with Gasteiger partial charge in [0.2, 0.25) is 5.91 Å². The number of benzene rings is 1. The highest BCUT2D eigenvalue weighted by molar-refractivity contribution is 5.73. The van der Waals surface area contributed by atoms with E-state index in [9.17, 15) is 9.90 Å². The van der Waals surface area contributed by atoms with Crippen LogP contribution in [0.1, 0.15) is 31.7 Å². The Morgan fingerprint density at radius 2 is 2.04 bits per heavy atom. The summed E-state index contributed by atoms with van der Waals surface area (Å²) in [6.07, 6.45) is 2.77. The van der Waals surface area contributed by atoms with Crippen LogP contribution < -0.4 is 10.6 Å². The number of likely N-dealkylation sites (tertiary alicyclic amines) is 1. The number of carbonyl (C=O) groups excluding carboxylic acids is 1. The molecule has 0 aliphatic carbocycles. The summed E-state index contributed by atoms with van der Waals surface area (Å²) in [6.45, 7) is 4.87. The fraction of sp³-hybridized carbons (Fsp3) is 0.632. The van der Waals surface area contributed by atoms with Crippen LogP contribution >= 0.6 is 0 Å². The molecule has 2 saturated heterocycles. The minimum atomic E-state index is -1.11. The quantitative estimate of drug-likeness (QED) is 0.689. The van der Waals surface area contributed by atoms with Gasteiger partial charge in [-0.2, -0.15) is 0 Å². The van der Waals surface area contributed by atoms with E-state index in [1.807, 2.05) is 30.3 Å². The third-order valence-electron chi connectivity index (χ3n) is 5.17. The molecule has 3 rings (SSSR count). The zero-order chi connectivity index (χ0) is 17.7. The van der Waals surface area contributed by atoms with Gasteiger partial charge in [0.15, 0.2) is 5.72 Å². The molecule has 0 aromatic heterocycles. The van der Waals surface area contributed by atoms with Gasteiger partial charge in [-0.15, -0.1) is 0 Å². The lowest BCUT2D eigenvalue weighted by molar-refractivity contribution is -0.188. The summed E-state index contributed by atoms with van der Waals surface area (Å²) in [5.74, 6) is -0.201. The third kappa shape index (κ3) is 4.39. The predicted octanol–water partition coefficient (Wildman–Crippen LogP) is 0.854. The molecular weight excluding hydrogens is 318 g/mol. The normalized spacial score (nSPS) is 30.8. The summed E-state index contributed by atoms with van der Waals surface area (Å²) in [6, 6.07) is 9.76. The molecule has 6 nitrogen and oxygen atoms in total. The first-order valence-corrected chi connectivity index (χ1v) is 9.20. The van der Waals surface area contributed by atoms with Crippen molar-refractivity contribution in [3.8, 4) is 0 Å². The lowest BCUT2D eigenvalue weighted by Crippen LogP contribution is -2.73. The number of hydrogen-bond acceptors (Lipinski definition) is 5. The molecule has 1 aromatic carbocycles. The zero-order valence-electron chi connectivity index (χ0n) is 14.9. The number of ether oxygens (including phenoxy) is 1. The van der Waals surface area contributed by atoms with E-state index >= 15 is 0 Å². The van der Waals surface area contributed by atoms with Gasteiger partial charge in [0, 0.05) is 20.0 Å². The first-order chi connectivity index (χ1) is 12.1. The zero-order valence-corrected chi connectivity index (χ0v) is 14.9. The van der Waals surface area contributed by atoms with E-state index in [0.717, 1.165) is 31.5 Å². The van der Waals surface area contributed by atoms with Crippen LogP contribution in [0.4, 0.5) is 0 Å². The Bertz CT molecular complexity index is 562. The van der Waals surface area contributed by atoms with Gasteiger partial charge in [0.25, 0.3) is 0 Å². The third-order valence-corrected chi connectivity index (χ3v) is 5.17. The number of hydrogen-bond donors (Lipinski definition) is 3. The number of nitrogens with zero attached hydrogens (tertiary/aromatic N) is 1. The van der Waals surface area contributed by atoms with Gasteiger partial charge in [-0.25, -0.2) is 0 Å². The summed E-state index contributed by atoms with van der Waals surface area (Å²) in [5, 5.41) is 17.4. The lowest BCUT2D eigenvalue weighted by Gasteiger charge is -2.49. The molecule has 2 fully saturated rings. The van der Waals surface area contributed by atoms with Gasteiger partial charge in [-0.3, -0.25) is 9.69 Å². The second kappa shape index (κ2) is 8.27. The molecule has 3 N–H and O–H groups in total. The lowest BCUT2D eigenvalue weighted by atomic mass is 9.91. The van der Waals surface area contributed by atoms with E-state index in [0.29, 0.717) is 19.7 Å². The van der Waals surface area contributed by atoms with Gasteiger partial charge >= 0.3 is 0 Å². The predicted molar refractivity (Wildman–Crippen MR) is 95.9 cm³/mol. The molecule has 138 valence electrons. The van der Waals surface area contributed by atoms with Crippen LogP contribution in [0.3, 0.4) is 0 Å². The molecule has 25 heavy (non-hydrogen) atoms. The van der Waals surface area contributed by atoms with Crippen molar-refractivity contribution < 1.29 is 14.6 Å². The van der Waals surface area contributed by atoms with Gasteiger partial charge in [-0.05, 0) is 31.5 Å². The maximum Gasteiger partial charge on any atom is 0.219 e. The molecule has 0 spiro atoms. The molecule has 0 saturated carbocycles. The smallest absolute Gasteiger partial charge is 0.219 e. The summed E-state index contributed by atoms with van der Waals surface area (Å²) in [4.78, 5) is 14.1. The average Bonchev–Trinajstić information content (AvgIpc) is 2.63. The first kappa shape index (κ1) is 18.3. The van der Waals surface area contributed by atoms with Crippen molar-refractivity contribution in [3.05, 3.63) is 35.9 Å². The standard InChI is InChI=1S/C19H29N3O3/c1-15(23)21-19(25-13-16-8-4-2-5-9-16)14-20-12-17(18(19)24)22-10-6-3-7-11-22/h2,4-5,8-9,17-18,20,24H,3,6-7,10-14H2,1H3,(H,21,23)/t17-,18+,19-/m1/s1. The highest BCUT2D eigenvalue weighted by Gasteiger charge is 2.48. The Kier molecular flexibility index (Phi) is 6.06. The van der Waals surface area contributed by atoms with Crippen molar-refractivity contribution >= 4 is 5.91 Å². The van der Waals surface area contributed by atoms with E-state index in [2.05, 4.69) is 15.5 Å². The second-order valence-electron chi connectivity index (χ2n) is 7.08. The Labute approximate surface area is 149 Å². The molecule has 3 atom stereocenters. The largest absolute Gasteiger partial charge is 0.386 e. The number of aliphatic hydroxyl groups excluding tert-OH is 1. The van der Waals surface area contributed by atoms with Gasteiger partial charge < -0.3 is 20.5 Å². The maximum atomic E-state index is 11.8. The molecule has 1 aromatic rings.